The normalized spacial score (nSPS) is 10.3. The van der Waals surface area contributed by atoms with Gasteiger partial charge in [-0.15, -0.1) is 0 Å². The third-order valence-electron chi connectivity index (χ3n) is 4.41. The molecule has 0 fully saturated rings. The molecular formula is C20H24N2O6. The molecule has 150 valence electrons. The van der Waals surface area contributed by atoms with Crippen molar-refractivity contribution in [3.63, 3.8) is 0 Å². The highest BCUT2D eigenvalue weighted by Gasteiger charge is 2.19. The van der Waals surface area contributed by atoms with Crippen LogP contribution in [0, 0.1) is 24.0 Å². The second kappa shape index (κ2) is 9.59. The standard InChI is InChI=1S/C20H24N2O6/c1-13-6-5-7-17(14(13)2)28-12-20(23)21-9-8-15-10-18(26-3)19(27-4)11-16(15)22(24)25/h5-7,10-11H,8-9,12H2,1-4H3,(H,21,23). The number of nitrogens with zero attached hydrogens (tertiary/aromatic N) is 1. The summed E-state index contributed by atoms with van der Waals surface area (Å²) in [4.78, 5) is 22.9. The van der Waals surface area contributed by atoms with E-state index < -0.39 is 4.92 Å². The molecule has 0 heterocycles. The molecule has 0 unspecified atom stereocenters. The van der Waals surface area contributed by atoms with Gasteiger partial charge in [-0.25, -0.2) is 0 Å². The van der Waals surface area contributed by atoms with Crippen LogP contribution in [-0.4, -0.2) is 38.2 Å². The average molecular weight is 388 g/mol. The fourth-order valence-corrected chi connectivity index (χ4v) is 2.69. The predicted octanol–water partition coefficient (Wildman–Crippen LogP) is 2.97. The van der Waals surface area contributed by atoms with Crippen LogP contribution >= 0.6 is 0 Å². The zero-order chi connectivity index (χ0) is 20.7. The van der Waals surface area contributed by atoms with Crippen LogP contribution in [0.2, 0.25) is 0 Å². The highest BCUT2D eigenvalue weighted by atomic mass is 16.6. The minimum atomic E-state index is -0.483. The maximum atomic E-state index is 12.0. The van der Waals surface area contributed by atoms with Crippen LogP contribution in [0.15, 0.2) is 30.3 Å². The molecule has 28 heavy (non-hydrogen) atoms. The average Bonchev–Trinajstić information content (AvgIpc) is 2.68. The quantitative estimate of drug-likeness (QED) is 0.524. The Bertz CT molecular complexity index is 866. The van der Waals surface area contributed by atoms with Crippen molar-refractivity contribution in [3.05, 3.63) is 57.1 Å². The lowest BCUT2D eigenvalue weighted by Gasteiger charge is -2.12. The van der Waals surface area contributed by atoms with Crippen LogP contribution in [-0.2, 0) is 11.2 Å². The predicted molar refractivity (Wildman–Crippen MR) is 104 cm³/mol. The molecule has 0 aromatic heterocycles. The van der Waals surface area contributed by atoms with Gasteiger partial charge in [0, 0.05) is 12.1 Å². The number of hydrogen-bond donors (Lipinski definition) is 1. The lowest BCUT2D eigenvalue weighted by atomic mass is 10.1. The highest BCUT2D eigenvalue weighted by molar-refractivity contribution is 5.77. The summed E-state index contributed by atoms with van der Waals surface area (Å²) in [7, 11) is 2.87. The first-order chi connectivity index (χ1) is 13.4. The number of hydrogen-bond acceptors (Lipinski definition) is 6. The van der Waals surface area contributed by atoms with Gasteiger partial charge in [0.05, 0.1) is 25.2 Å². The number of carbonyl (C=O) groups excluding carboxylic acids is 1. The molecule has 0 aliphatic carbocycles. The molecule has 2 aromatic carbocycles. The van der Waals surface area contributed by atoms with E-state index in [0.717, 1.165) is 11.1 Å². The molecule has 2 rings (SSSR count). The van der Waals surface area contributed by atoms with E-state index in [9.17, 15) is 14.9 Å². The SMILES string of the molecule is COc1cc(CCNC(=O)COc2cccc(C)c2C)c([N+](=O)[O-])cc1OC. The first kappa shape index (κ1) is 21.0. The molecular weight excluding hydrogens is 364 g/mol. The number of nitrogens with one attached hydrogen (secondary N) is 1. The van der Waals surface area contributed by atoms with Gasteiger partial charge in [-0.3, -0.25) is 14.9 Å². The number of nitro benzene ring substituents is 1. The summed E-state index contributed by atoms with van der Waals surface area (Å²) >= 11 is 0. The van der Waals surface area contributed by atoms with E-state index in [1.807, 2.05) is 32.0 Å². The third-order valence-corrected chi connectivity index (χ3v) is 4.41. The molecule has 0 saturated carbocycles. The van der Waals surface area contributed by atoms with E-state index in [1.165, 1.54) is 20.3 Å². The van der Waals surface area contributed by atoms with Crippen molar-refractivity contribution in [3.8, 4) is 17.2 Å². The number of ether oxygens (including phenoxy) is 3. The van der Waals surface area contributed by atoms with Crippen molar-refractivity contribution < 1.29 is 23.9 Å². The lowest BCUT2D eigenvalue weighted by molar-refractivity contribution is -0.385. The second-order valence-corrected chi connectivity index (χ2v) is 6.18. The van der Waals surface area contributed by atoms with E-state index in [0.29, 0.717) is 17.1 Å². The number of nitro groups is 1. The minimum absolute atomic E-state index is 0.0847. The summed E-state index contributed by atoms with van der Waals surface area (Å²) in [6, 6.07) is 8.52. The first-order valence-corrected chi connectivity index (χ1v) is 8.72. The van der Waals surface area contributed by atoms with Gasteiger partial charge in [0.1, 0.15) is 5.75 Å². The molecule has 0 aliphatic heterocycles. The maximum absolute atomic E-state index is 12.0. The number of aryl methyl sites for hydroxylation is 1. The van der Waals surface area contributed by atoms with Gasteiger partial charge in [-0.05, 0) is 43.5 Å². The molecule has 0 bridgehead atoms. The molecule has 0 saturated heterocycles. The van der Waals surface area contributed by atoms with Gasteiger partial charge in [-0.1, -0.05) is 12.1 Å². The monoisotopic (exact) mass is 388 g/mol. The van der Waals surface area contributed by atoms with Gasteiger partial charge in [0.15, 0.2) is 18.1 Å². The van der Waals surface area contributed by atoms with E-state index in [1.54, 1.807) is 6.07 Å². The van der Waals surface area contributed by atoms with Crippen LogP contribution in [0.3, 0.4) is 0 Å². The van der Waals surface area contributed by atoms with Crippen molar-refractivity contribution in [2.45, 2.75) is 20.3 Å². The summed E-state index contributed by atoms with van der Waals surface area (Å²) in [5.74, 6) is 1.03. The highest BCUT2D eigenvalue weighted by Crippen LogP contribution is 2.34. The van der Waals surface area contributed by atoms with Gasteiger partial charge in [-0.2, -0.15) is 0 Å². The summed E-state index contributed by atoms with van der Waals surface area (Å²) in [5, 5.41) is 14.0. The third kappa shape index (κ3) is 5.12. The van der Waals surface area contributed by atoms with Crippen molar-refractivity contribution >= 4 is 11.6 Å². The zero-order valence-electron chi connectivity index (χ0n) is 16.4. The van der Waals surface area contributed by atoms with Crippen LogP contribution in [0.5, 0.6) is 17.2 Å². The summed E-state index contributed by atoms with van der Waals surface area (Å²) in [6.07, 6.45) is 0.270. The smallest absolute Gasteiger partial charge is 0.276 e. The van der Waals surface area contributed by atoms with Crippen molar-refractivity contribution in [2.75, 3.05) is 27.4 Å². The molecule has 8 nitrogen and oxygen atoms in total. The first-order valence-electron chi connectivity index (χ1n) is 8.72. The fraction of sp³-hybridized carbons (Fsp3) is 0.350. The molecule has 0 atom stereocenters. The Labute approximate surface area is 163 Å². The number of rotatable bonds is 9. The Morgan fingerprint density at radius 2 is 1.79 bits per heavy atom. The van der Waals surface area contributed by atoms with Crippen LogP contribution in [0.25, 0.3) is 0 Å². The van der Waals surface area contributed by atoms with E-state index in [4.69, 9.17) is 14.2 Å². The van der Waals surface area contributed by atoms with Crippen molar-refractivity contribution in [1.29, 1.82) is 0 Å². The maximum Gasteiger partial charge on any atom is 0.276 e. The van der Waals surface area contributed by atoms with E-state index in [2.05, 4.69) is 5.32 Å². The van der Waals surface area contributed by atoms with Gasteiger partial charge < -0.3 is 19.5 Å². The lowest BCUT2D eigenvalue weighted by Crippen LogP contribution is -2.30. The van der Waals surface area contributed by atoms with Crippen molar-refractivity contribution in [1.82, 2.24) is 5.32 Å². The molecule has 1 amide bonds. The van der Waals surface area contributed by atoms with Crippen LogP contribution in [0.4, 0.5) is 5.69 Å². The number of benzene rings is 2. The minimum Gasteiger partial charge on any atom is -0.493 e. The Morgan fingerprint density at radius 3 is 2.43 bits per heavy atom. The molecule has 1 N–H and O–H groups in total. The Morgan fingerprint density at radius 1 is 1.11 bits per heavy atom. The Hall–Kier alpha value is -3.29. The largest absolute Gasteiger partial charge is 0.493 e. The van der Waals surface area contributed by atoms with Crippen LogP contribution < -0.4 is 19.5 Å². The van der Waals surface area contributed by atoms with Gasteiger partial charge in [0.25, 0.3) is 11.6 Å². The fourth-order valence-electron chi connectivity index (χ4n) is 2.69. The van der Waals surface area contributed by atoms with Gasteiger partial charge in [0.2, 0.25) is 0 Å². The second-order valence-electron chi connectivity index (χ2n) is 6.18. The number of methoxy groups -OCH3 is 2. The van der Waals surface area contributed by atoms with E-state index >= 15 is 0 Å². The summed E-state index contributed by atoms with van der Waals surface area (Å²) in [6.45, 7) is 4.00. The molecule has 2 aromatic rings. The zero-order valence-corrected chi connectivity index (χ0v) is 16.4. The molecule has 0 spiro atoms. The van der Waals surface area contributed by atoms with Crippen molar-refractivity contribution in [2.24, 2.45) is 0 Å². The van der Waals surface area contributed by atoms with Crippen LogP contribution in [0.1, 0.15) is 16.7 Å². The summed E-state index contributed by atoms with van der Waals surface area (Å²) in [5.41, 5.74) is 2.42. The molecule has 8 heteroatoms. The molecule has 0 aliphatic rings. The molecule has 0 radical (unpaired) electrons. The van der Waals surface area contributed by atoms with E-state index in [-0.39, 0.29) is 36.9 Å². The van der Waals surface area contributed by atoms with Gasteiger partial charge >= 0.3 is 0 Å². The number of carbonyl (C=O) groups is 1. The Kier molecular flexibility index (Phi) is 7.20. The number of amides is 1. The Balaban J connectivity index is 1.96. The summed E-state index contributed by atoms with van der Waals surface area (Å²) < 4.78 is 15.8. The topological polar surface area (TPSA) is 99.9 Å².